The second-order valence-corrected chi connectivity index (χ2v) is 5.32. The summed E-state index contributed by atoms with van der Waals surface area (Å²) in [5.41, 5.74) is 0.382. The monoisotopic (exact) mass is 279 g/mol. The summed E-state index contributed by atoms with van der Waals surface area (Å²) < 4.78 is 13.0. The van der Waals surface area contributed by atoms with Crippen molar-refractivity contribution in [2.75, 3.05) is 5.32 Å². The van der Waals surface area contributed by atoms with E-state index in [0.29, 0.717) is 12.2 Å². The average Bonchev–Trinajstić information content (AvgIpc) is 2.85. The van der Waals surface area contributed by atoms with Crippen LogP contribution in [0.3, 0.4) is 0 Å². The van der Waals surface area contributed by atoms with Crippen LogP contribution in [0.4, 0.5) is 10.1 Å². The van der Waals surface area contributed by atoms with Gasteiger partial charge in [-0.25, -0.2) is 9.18 Å². The number of anilines is 1. The SMILES string of the molecule is CCc1ccc(CNc2ccc(F)cc2C(=O)O)s1. The number of carboxylic acids is 1. The number of rotatable bonds is 5. The lowest BCUT2D eigenvalue weighted by Crippen LogP contribution is -2.06. The first kappa shape index (κ1) is 13.5. The Kier molecular flexibility index (Phi) is 4.16. The maximum Gasteiger partial charge on any atom is 0.337 e. The van der Waals surface area contributed by atoms with Gasteiger partial charge in [-0.15, -0.1) is 11.3 Å². The molecule has 19 heavy (non-hydrogen) atoms. The van der Waals surface area contributed by atoms with E-state index in [2.05, 4.69) is 18.3 Å². The average molecular weight is 279 g/mol. The predicted octanol–water partition coefficient (Wildman–Crippen LogP) is 3.76. The van der Waals surface area contributed by atoms with Crippen molar-refractivity contribution in [2.24, 2.45) is 0 Å². The Morgan fingerprint density at radius 2 is 2.05 bits per heavy atom. The third kappa shape index (κ3) is 3.32. The molecule has 0 unspecified atom stereocenters. The van der Waals surface area contributed by atoms with Crippen molar-refractivity contribution < 1.29 is 14.3 Å². The molecule has 5 heteroatoms. The molecule has 0 saturated heterocycles. The van der Waals surface area contributed by atoms with Gasteiger partial charge in [-0.1, -0.05) is 6.92 Å². The number of hydrogen-bond acceptors (Lipinski definition) is 3. The van der Waals surface area contributed by atoms with Crippen molar-refractivity contribution in [1.29, 1.82) is 0 Å². The third-order valence-corrected chi connectivity index (χ3v) is 3.96. The van der Waals surface area contributed by atoms with Gasteiger partial charge in [0.05, 0.1) is 5.56 Å². The van der Waals surface area contributed by atoms with Crippen molar-refractivity contribution >= 4 is 23.0 Å². The van der Waals surface area contributed by atoms with Gasteiger partial charge in [0, 0.05) is 22.0 Å². The Bertz CT molecular complexity index is 595. The van der Waals surface area contributed by atoms with Crippen LogP contribution in [0.25, 0.3) is 0 Å². The van der Waals surface area contributed by atoms with Gasteiger partial charge in [0.15, 0.2) is 0 Å². The summed E-state index contributed by atoms with van der Waals surface area (Å²) in [7, 11) is 0. The van der Waals surface area contributed by atoms with Crippen molar-refractivity contribution in [3.8, 4) is 0 Å². The minimum absolute atomic E-state index is 0.0488. The van der Waals surface area contributed by atoms with Crippen LogP contribution in [0.5, 0.6) is 0 Å². The smallest absolute Gasteiger partial charge is 0.337 e. The van der Waals surface area contributed by atoms with E-state index in [-0.39, 0.29) is 5.56 Å². The molecule has 0 spiro atoms. The fourth-order valence-electron chi connectivity index (χ4n) is 1.74. The summed E-state index contributed by atoms with van der Waals surface area (Å²) in [5, 5.41) is 12.1. The number of hydrogen-bond donors (Lipinski definition) is 2. The molecule has 0 bridgehead atoms. The fourth-order valence-corrected chi connectivity index (χ4v) is 2.63. The van der Waals surface area contributed by atoms with Gasteiger partial charge in [-0.05, 0) is 36.8 Å². The van der Waals surface area contributed by atoms with Gasteiger partial charge in [0.25, 0.3) is 0 Å². The van der Waals surface area contributed by atoms with Crippen molar-refractivity contribution in [2.45, 2.75) is 19.9 Å². The van der Waals surface area contributed by atoms with Crippen molar-refractivity contribution in [3.05, 3.63) is 51.5 Å². The summed E-state index contributed by atoms with van der Waals surface area (Å²) in [4.78, 5) is 13.4. The minimum Gasteiger partial charge on any atom is -0.478 e. The standard InChI is InChI=1S/C14H14FNO2S/c1-2-10-4-5-11(19-10)8-16-13-6-3-9(15)7-12(13)14(17)18/h3-7,16H,2,8H2,1H3,(H,17,18). The van der Waals surface area contributed by atoms with Crippen LogP contribution in [0.2, 0.25) is 0 Å². The summed E-state index contributed by atoms with van der Waals surface area (Å²) in [6.45, 7) is 2.63. The summed E-state index contributed by atoms with van der Waals surface area (Å²) in [5.74, 6) is -1.69. The Labute approximate surface area is 114 Å². The van der Waals surface area contributed by atoms with E-state index < -0.39 is 11.8 Å². The molecule has 0 aliphatic carbocycles. The van der Waals surface area contributed by atoms with Gasteiger partial charge in [-0.2, -0.15) is 0 Å². The lowest BCUT2D eigenvalue weighted by atomic mass is 10.1. The summed E-state index contributed by atoms with van der Waals surface area (Å²) in [6.07, 6.45) is 0.988. The molecular formula is C14H14FNO2S. The second-order valence-electron chi connectivity index (χ2n) is 4.07. The minimum atomic E-state index is -1.14. The molecule has 0 atom stereocenters. The lowest BCUT2D eigenvalue weighted by Gasteiger charge is -2.08. The van der Waals surface area contributed by atoms with Crippen LogP contribution in [0.15, 0.2) is 30.3 Å². The second kappa shape index (κ2) is 5.84. The predicted molar refractivity (Wildman–Crippen MR) is 74.4 cm³/mol. The zero-order chi connectivity index (χ0) is 13.8. The highest BCUT2D eigenvalue weighted by atomic mass is 32.1. The van der Waals surface area contributed by atoms with E-state index >= 15 is 0 Å². The number of halogens is 1. The summed E-state index contributed by atoms with van der Waals surface area (Å²) >= 11 is 1.69. The zero-order valence-electron chi connectivity index (χ0n) is 10.4. The zero-order valence-corrected chi connectivity index (χ0v) is 11.3. The lowest BCUT2D eigenvalue weighted by molar-refractivity contribution is 0.0697. The molecular weight excluding hydrogens is 265 g/mol. The maximum absolute atomic E-state index is 13.0. The van der Waals surface area contributed by atoms with Gasteiger partial charge < -0.3 is 10.4 Å². The van der Waals surface area contributed by atoms with E-state index in [1.54, 1.807) is 11.3 Å². The Morgan fingerprint density at radius 3 is 2.68 bits per heavy atom. The highest BCUT2D eigenvalue weighted by Crippen LogP contribution is 2.21. The molecule has 0 aliphatic heterocycles. The van der Waals surface area contributed by atoms with Crippen LogP contribution in [0.1, 0.15) is 27.0 Å². The Hall–Kier alpha value is -1.88. The van der Waals surface area contributed by atoms with Gasteiger partial charge in [-0.3, -0.25) is 0 Å². The molecule has 1 aromatic heterocycles. The normalized spacial score (nSPS) is 10.4. The van der Waals surface area contributed by atoms with Crippen LogP contribution >= 0.6 is 11.3 Å². The summed E-state index contributed by atoms with van der Waals surface area (Å²) in [6, 6.07) is 7.80. The van der Waals surface area contributed by atoms with Crippen LogP contribution in [0, 0.1) is 5.82 Å². The third-order valence-electron chi connectivity index (χ3n) is 2.73. The quantitative estimate of drug-likeness (QED) is 0.876. The maximum atomic E-state index is 13.0. The van der Waals surface area contributed by atoms with Crippen LogP contribution in [-0.4, -0.2) is 11.1 Å². The number of thiophene rings is 1. The number of carboxylic acid groups (broad SMARTS) is 1. The van der Waals surface area contributed by atoms with Crippen LogP contribution < -0.4 is 5.32 Å². The molecule has 0 amide bonds. The molecule has 2 rings (SSSR count). The number of aryl methyl sites for hydroxylation is 1. The largest absolute Gasteiger partial charge is 0.478 e. The fraction of sp³-hybridized carbons (Fsp3) is 0.214. The molecule has 1 aromatic carbocycles. The molecule has 1 heterocycles. The van der Waals surface area contributed by atoms with E-state index in [4.69, 9.17) is 5.11 Å². The van der Waals surface area contributed by atoms with E-state index in [9.17, 15) is 9.18 Å². The molecule has 3 nitrogen and oxygen atoms in total. The van der Waals surface area contributed by atoms with E-state index in [1.165, 1.54) is 17.0 Å². The number of nitrogens with one attached hydrogen (secondary N) is 1. The van der Waals surface area contributed by atoms with Crippen molar-refractivity contribution in [3.63, 3.8) is 0 Å². The molecule has 0 fully saturated rings. The Balaban J connectivity index is 2.12. The first-order valence-electron chi connectivity index (χ1n) is 5.94. The van der Waals surface area contributed by atoms with Gasteiger partial charge >= 0.3 is 5.97 Å². The number of carbonyl (C=O) groups is 1. The highest BCUT2D eigenvalue weighted by molar-refractivity contribution is 7.12. The molecule has 0 radical (unpaired) electrons. The topological polar surface area (TPSA) is 49.3 Å². The molecule has 0 saturated carbocycles. The number of aromatic carboxylic acids is 1. The highest BCUT2D eigenvalue weighted by Gasteiger charge is 2.11. The Morgan fingerprint density at radius 1 is 1.32 bits per heavy atom. The van der Waals surface area contributed by atoms with Gasteiger partial charge in [0.2, 0.25) is 0 Å². The molecule has 2 N–H and O–H groups in total. The molecule has 0 aliphatic rings. The van der Waals surface area contributed by atoms with Gasteiger partial charge in [0.1, 0.15) is 5.82 Å². The molecule has 2 aromatic rings. The van der Waals surface area contributed by atoms with E-state index in [1.807, 2.05) is 6.07 Å². The van der Waals surface area contributed by atoms with Crippen molar-refractivity contribution in [1.82, 2.24) is 0 Å². The van der Waals surface area contributed by atoms with E-state index in [0.717, 1.165) is 17.4 Å². The first-order valence-corrected chi connectivity index (χ1v) is 6.76. The molecule has 100 valence electrons. The van der Waals surface area contributed by atoms with Crippen LogP contribution in [-0.2, 0) is 13.0 Å². The number of benzene rings is 1. The first-order chi connectivity index (χ1) is 9.10.